The van der Waals surface area contributed by atoms with Crippen molar-refractivity contribution in [3.05, 3.63) is 51.2 Å². The first kappa shape index (κ1) is 23.8. The molecule has 1 fully saturated rings. The van der Waals surface area contributed by atoms with Crippen LogP contribution in [-0.2, 0) is 17.8 Å². The van der Waals surface area contributed by atoms with E-state index < -0.39 is 0 Å². The fourth-order valence-electron chi connectivity index (χ4n) is 5.71. The lowest BCUT2D eigenvalue weighted by atomic mass is 9.75. The number of benzene rings is 1. The molecule has 3 N–H and O–H groups in total. The Labute approximate surface area is 204 Å². The Morgan fingerprint density at radius 2 is 1.91 bits per heavy atom. The average molecular weight is 479 g/mol. The van der Waals surface area contributed by atoms with Crippen LogP contribution in [0.5, 0.6) is 0 Å². The van der Waals surface area contributed by atoms with Gasteiger partial charge >= 0.3 is 0 Å². The summed E-state index contributed by atoms with van der Waals surface area (Å²) in [6.45, 7) is 6.42. The maximum absolute atomic E-state index is 13.1. The summed E-state index contributed by atoms with van der Waals surface area (Å²) in [5.41, 5.74) is 4.34. The van der Waals surface area contributed by atoms with E-state index in [0.29, 0.717) is 24.1 Å². The molecule has 0 spiro atoms. The number of methoxy groups -OCH3 is 1. The lowest BCUT2D eigenvalue weighted by molar-refractivity contribution is 0.0910. The van der Waals surface area contributed by atoms with E-state index in [2.05, 4.69) is 24.1 Å². The first-order chi connectivity index (χ1) is 16.6. The van der Waals surface area contributed by atoms with Crippen molar-refractivity contribution in [2.75, 3.05) is 12.4 Å². The second-order valence-electron chi connectivity index (χ2n) is 10.9. The third-order valence-corrected chi connectivity index (χ3v) is 7.31. The lowest BCUT2D eigenvalue weighted by Crippen LogP contribution is -2.29. The van der Waals surface area contributed by atoms with Gasteiger partial charge in [0, 0.05) is 31.0 Å². The highest BCUT2D eigenvalue weighted by Crippen LogP contribution is 2.38. The SMILES string of the molecule is COCc1cc2cc(-n3nc(C)c4c3CC(C)(C)CC4=O)cc(N[C@H]3CC[C@H](O)CC3)c2c(=O)[nH]1. The molecule has 8 heteroatoms. The van der Waals surface area contributed by atoms with E-state index in [1.54, 1.807) is 7.11 Å². The Balaban J connectivity index is 1.67. The Morgan fingerprint density at radius 1 is 1.17 bits per heavy atom. The highest BCUT2D eigenvalue weighted by Gasteiger charge is 2.36. The smallest absolute Gasteiger partial charge is 0.258 e. The van der Waals surface area contributed by atoms with Gasteiger partial charge in [0.2, 0.25) is 0 Å². The number of carbonyl (C=O) groups excluding carboxylic acids is 1. The highest BCUT2D eigenvalue weighted by atomic mass is 16.5. The number of aliphatic hydroxyl groups excluding tert-OH is 1. The van der Waals surface area contributed by atoms with E-state index in [0.717, 1.165) is 65.8 Å². The van der Waals surface area contributed by atoms with Crippen molar-refractivity contribution in [1.82, 2.24) is 14.8 Å². The molecule has 0 bridgehead atoms. The molecule has 186 valence electrons. The molecule has 0 unspecified atom stereocenters. The van der Waals surface area contributed by atoms with Crippen molar-refractivity contribution in [2.24, 2.45) is 5.41 Å². The molecule has 0 saturated heterocycles. The number of fused-ring (bicyclic) bond motifs is 2. The van der Waals surface area contributed by atoms with Gasteiger partial charge in [-0.25, -0.2) is 4.68 Å². The number of aromatic amines is 1. The number of H-pyrrole nitrogens is 1. The summed E-state index contributed by atoms with van der Waals surface area (Å²) in [6.07, 6.45) is 4.17. The lowest BCUT2D eigenvalue weighted by Gasteiger charge is -2.29. The molecule has 0 atom stereocenters. The first-order valence-corrected chi connectivity index (χ1v) is 12.4. The number of aliphatic hydroxyl groups is 1. The van der Waals surface area contributed by atoms with Crippen molar-refractivity contribution >= 4 is 22.2 Å². The largest absolute Gasteiger partial charge is 0.393 e. The first-order valence-electron chi connectivity index (χ1n) is 12.4. The van der Waals surface area contributed by atoms with E-state index >= 15 is 0 Å². The normalized spacial score (nSPS) is 21.8. The standard InChI is InChI=1S/C27H34N4O4/c1-15-24-22(12-27(2,3)13-23(24)33)31(30-15)19-10-16-9-18(14-35-4)29-26(34)25(16)21(11-19)28-17-5-7-20(32)8-6-17/h9-11,17,20,28,32H,5-8,12-14H2,1-4H3,(H,29,34)/t17-,20-. The third-order valence-electron chi connectivity index (χ3n) is 7.31. The monoisotopic (exact) mass is 478 g/mol. The molecule has 2 aliphatic rings. The predicted molar refractivity (Wildman–Crippen MR) is 135 cm³/mol. The van der Waals surface area contributed by atoms with Crippen LogP contribution in [0.25, 0.3) is 16.5 Å². The molecule has 8 nitrogen and oxygen atoms in total. The molecule has 3 aromatic rings. The molecular formula is C27H34N4O4. The van der Waals surface area contributed by atoms with Gasteiger partial charge in [0.1, 0.15) is 0 Å². The highest BCUT2D eigenvalue weighted by molar-refractivity contribution is 6.00. The van der Waals surface area contributed by atoms with Crippen LogP contribution in [0.4, 0.5) is 5.69 Å². The number of rotatable bonds is 5. The van der Waals surface area contributed by atoms with Crippen LogP contribution in [0.15, 0.2) is 23.0 Å². The van der Waals surface area contributed by atoms with Crippen LogP contribution in [0, 0.1) is 12.3 Å². The molecule has 1 saturated carbocycles. The van der Waals surface area contributed by atoms with Gasteiger partial charge < -0.3 is 20.1 Å². The fourth-order valence-corrected chi connectivity index (χ4v) is 5.71. The summed E-state index contributed by atoms with van der Waals surface area (Å²) in [5.74, 6) is 0.138. The van der Waals surface area contributed by atoms with Crippen LogP contribution >= 0.6 is 0 Å². The number of hydrogen-bond acceptors (Lipinski definition) is 6. The van der Waals surface area contributed by atoms with Gasteiger partial charge in [-0.1, -0.05) is 13.8 Å². The summed E-state index contributed by atoms with van der Waals surface area (Å²) in [6, 6.07) is 6.05. The second kappa shape index (κ2) is 8.91. The third kappa shape index (κ3) is 4.52. The number of nitrogens with one attached hydrogen (secondary N) is 2. The molecule has 0 radical (unpaired) electrons. The topological polar surface area (TPSA) is 109 Å². The zero-order valence-electron chi connectivity index (χ0n) is 20.9. The van der Waals surface area contributed by atoms with Gasteiger partial charge in [-0.3, -0.25) is 9.59 Å². The number of aryl methyl sites for hydroxylation is 1. The van der Waals surface area contributed by atoms with E-state index in [-0.39, 0.29) is 28.9 Å². The molecule has 1 aromatic carbocycles. The van der Waals surface area contributed by atoms with Crippen LogP contribution < -0.4 is 10.9 Å². The molecule has 2 aliphatic carbocycles. The number of ketones is 1. The molecular weight excluding hydrogens is 444 g/mol. The van der Waals surface area contributed by atoms with Gasteiger partial charge in [0.05, 0.1) is 40.7 Å². The van der Waals surface area contributed by atoms with Crippen LogP contribution in [-0.4, -0.2) is 44.9 Å². The maximum Gasteiger partial charge on any atom is 0.258 e. The Kier molecular flexibility index (Phi) is 6.05. The summed E-state index contributed by atoms with van der Waals surface area (Å²) in [4.78, 5) is 29.0. The number of hydrogen-bond donors (Lipinski definition) is 3. The van der Waals surface area contributed by atoms with Gasteiger partial charge in [0.25, 0.3) is 5.56 Å². The maximum atomic E-state index is 13.1. The number of anilines is 1. The summed E-state index contributed by atoms with van der Waals surface area (Å²) in [7, 11) is 1.60. The van der Waals surface area contributed by atoms with Crippen molar-refractivity contribution in [2.45, 2.75) is 78.0 Å². The van der Waals surface area contributed by atoms with Gasteiger partial charge in [-0.05, 0) is 68.0 Å². The molecule has 5 rings (SSSR count). The summed E-state index contributed by atoms with van der Waals surface area (Å²) >= 11 is 0. The number of pyridine rings is 1. The van der Waals surface area contributed by atoms with Gasteiger partial charge in [0.15, 0.2) is 5.78 Å². The number of nitrogens with zero attached hydrogens (tertiary/aromatic N) is 2. The Hall–Kier alpha value is -2.97. The molecule has 0 aliphatic heterocycles. The van der Waals surface area contributed by atoms with Crippen molar-refractivity contribution < 1.29 is 14.6 Å². The Bertz CT molecular complexity index is 1350. The van der Waals surface area contributed by atoms with Crippen molar-refractivity contribution in [3.63, 3.8) is 0 Å². The quantitative estimate of drug-likeness (QED) is 0.511. The van der Waals surface area contributed by atoms with Crippen molar-refractivity contribution in [3.8, 4) is 5.69 Å². The molecule has 0 amide bonds. The number of carbonyl (C=O) groups is 1. The molecule has 2 aromatic heterocycles. The fraction of sp³-hybridized carbons (Fsp3) is 0.519. The number of ether oxygens (including phenoxy) is 1. The molecule has 2 heterocycles. The van der Waals surface area contributed by atoms with Crippen molar-refractivity contribution in [1.29, 1.82) is 0 Å². The van der Waals surface area contributed by atoms with E-state index in [9.17, 15) is 14.7 Å². The minimum atomic E-state index is -0.254. The predicted octanol–water partition coefficient (Wildman–Crippen LogP) is 4.04. The van der Waals surface area contributed by atoms with Gasteiger partial charge in [-0.2, -0.15) is 5.10 Å². The van der Waals surface area contributed by atoms with Gasteiger partial charge in [-0.15, -0.1) is 0 Å². The van der Waals surface area contributed by atoms with E-state index in [1.165, 1.54) is 0 Å². The van der Waals surface area contributed by atoms with E-state index in [4.69, 9.17) is 9.84 Å². The Morgan fingerprint density at radius 3 is 2.63 bits per heavy atom. The second-order valence-corrected chi connectivity index (χ2v) is 10.9. The minimum absolute atomic E-state index is 0.138. The van der Waals surface area contributed by atoms with Crippen LogP contribution in [0.3, 0.4) is 0 Å². The molecule has 35 heavy (non-hydrogen) atoms. The van der Waals surface area contributed by atoms with Crippen LogP contribution in [0.2, 0.25) is 0 Å². The van der Waals surface area contributed by atoms with E-state index in [1.807, 2.05) is 29.8 Å². The zero-order chi connectivity index (χ0) is 24.9. The minimum Gasteiger partial charge on any atom is -0.393 e. The number of Topliss-reactive ketones (excluding diaryl/α,β-unsaturated/α-hetero) is 1. The number of aromatic nitrogens is 3. The summed E-state index contributed by atoms with van der Waals surface area (Å²) < 4.78 is 7.14. The van der Waals surface area contributed by atoms with Crippen LogP contribution in [0.1, 0.15) is 73.4 Å². The zero-order valence-corrected chi connectivity index (χ0v) is 20.9. The average Bonchev–Trinajstić information content (AvgIpc) is 3.10. The summed E-state index contributed by atoms with van der Waals surface area (Å²) in [5, 5.41) is 19.7.